The smallest absolute Gasteiger partial charge is 0.305 e. The van der Waals surface area contributed by atoms with E-state index >= 15 is 0 Å². The number of nitrogens with zero attached hydrogens (tertiary/aromatic N) is 1. The molecule has 25 heavy (non-hydrogen) atoms. The molecule has 1 aromatic carbocycles. The van der Waals surface area contributed by atoms with Gasteiger partial charge in [0, 0.05) is 30.2 Å². The zero-order valence-electron chi connectivity index (χ0n) is 14.1. The van der Waals surface area contributed by atoms with Crippen molar-refractivity contribution in [3.8, 4) is 5.75 Å². The summed E-state index contributed by atoms with van der Waals surface area (Å²) >= 11 is 1.69. The summed E-state index contributed by atoms with van der Waals surface area (Å²) in [6.45, 7) is 1.84. The number of benzene rings is 1. The molecule has 0 aliphatic carbocycles. The van der Waals surface area contributed by atoms with Crippen LogP contribution in [0.5, 0.6) is 5.75 Å². The average molecular weight is 365 g/mol. The van der Waals surface area contributed by atoms with Gasteiger partial charge in [0.05, 0.1) is 18.6 Å². The first-order chi connectivity index (χ1) is 12.1. The highest BCUT2D eigenvalue weighted by Crippen LogP contribution is 2.23. The highest BCUT2D eigenvalue weighted by molar-refractivity contribution is 7.99. The van der Waals surface area contributed by atoms with Gasteiger partial charge in [-0.3, -0.25) is 9.59 Å². The summed E-state index contributed by atoms with van der Waals surface area (Å²) in [5.41, 5.74) is 0.534. The Morgan fingerprint density at radius 3 is 3.04 bits per heavy atom. The Bertz CT molecular complexity index is 617. The Balaban J connectivity index is 1.65. The molecule has 0 spiro atoms. The molecule has 1 aromatic rings. The topological polar surface area (TPSA) is 76.1 Å². The summed E-state index contributed by atoms with van der Waals surface area (Å²) in [7, 11) is 0. The van der Waals surface area contributed by atoms with Crippen LogP contribution in [0.1, 0.15) is 29.6 Å². The largest absolute Gasteiger partial charge is 0.491 e. The van der Waals surface area contributed by atoms with Gasteiger partial charge in [0.2, 0.25) is 0 Å². The highest BCUT2D eigenvalue weighted by atomic mass is 32.2. The molecule has 7 heteroatoms. The fourth-order valence-corrected chi connectivity index (χ4v) is 4.20. The Hall–Kier alpha value is -1.73. The first-order valence-electron chi connectivity index (χ1n) is 8.58. The fourth-order valence-electron chi connectivity index (χ4n) is 3.14. The summed E-state index contributed by atoms with van der Waals surface area (Å²) in [5, 5.41) is 9.07. The number of thioether (sulfide) groups is 1. The summed E-state index contributed by atoms with van der Waals surface area (Å²) in [5.74, 6) is 1.13. The number of ether oxygens (including phenoxy) is 2. The zero-order valence-corrected chi connectivity index (χ0v) is 14.9. The van der Waals surface area contributed by atoms with Crippen molar-refractivity contribution >= 4 is 23.6 Å². The van der Waals surface area contributed by atoms with Crippen molar-refractivity contribution in [1.29, 1.82) is 0 Å². The molecule has 2 aliphatic rings. The second kappa shape index (κ2) is 8.58. The van der Waals surface area contributed by atoms with Gasteiger partial charge in [-0.25, -0.2) is 0 Å². The first-order valence-corrected chi connectivity index (χ1v) is 9.74. The van der Waals surface area contributed by atoms with Gasteiger partial charge in [-0.1, -0.05) is 6.07 Å². The van der Waals surface area contributed by atoms with Crippen LogP contribution in [0.15, 0.2) is 24.3 Å². The molecule has 2 atom stereocenters. The maximum atomic E-state index is 12.8. The second-order valence-corrected chi connectivity index (χ2v) is 7.45. The number of amides is 1. The normalized spacial score (nSPS) is 23.4. The summed E-state index contributed by atoms with van der Waals surface area (Å²) in [6, 6.07) is 6.84. The Morgan fingerprint density at radius 1 is 1.40 bits per heavy atom. The molecule has 6 nitrogen and oxygen atoms in total. The molecular formula is C18H23NO5S. The predicted molar refractivity (Wildman–Crippen MR) is 95.3 cm³/mol. The number of hydrogen-bond donors (Lipinski definition) is 1. The monoisotopic (exact) mass is 365 g/mol. The standard InChI is InChI=1S/C18H23NO5S/c20-17(21)10-14-12-25-8-6-19(14)18(22)13-3-1-4-15(9-13)24-11-16-5-2-7-23-16/h1,3-4,9,14,16H,2,5-8,10-12H2,(H,20,21). The molecule has 0 radical (unpaired) electrons. The Kier molecular flexibility index (Phi) is 6.20. The van der Waals surface area contributed by atoms with Crippen molar-refractivity contribution in [2.45, 2.75) is 31.4 Å². The minimum Gasteiger partial charge on any atom is -0.491 e. The summed E-state index contributed by atoms with van der Waals surface area (Å²) < 4.78 is 11.3. The van der Waals surface area contributed by atoms with E-state index in [4.69, 9.17) is 14.6 Å². The van der Waals surface area contributed by atoms with E-state index in [0.717, 1.165) is 25.2 Å². The minimum absolute atomic E-state index is 0.0199. The van der Waals surface area contributed by atoms with E-state index in [0.29, 0.717) is 30.2 Å². The van der Waals surface area contributed by atoms with Gasteiger partial charge in [0.25, 0.3) is 5.91 Å². The highest BCUT2D eigenvalue weighted by Gasteiger charge is 2.29. The van der Waals surface area contributed by atoms with Gasteiger partial charge >= 0.3 is 5.97 Å². The quantitative estimate of drug-likeness (QED) is 0.833. The van der Waals surface area contributed by atoms with Gasteiger partial charge in [0.15, 0.2) is 0 Å². The molecular weight excluding hydrogens is 342 g/mol. The number of carboxylic acids is 1. The van der Waals surface area contributed by atoms with Crippen LogP contribution < -0.4 is 4.74 Å². The Morgan fingerprint density at radius 2 is 2.28 bits per heavy atom. The molecule has 0 saturated carbocycles. The van der Waals surface area contributed by atoms with Gasteiger partial charge in [-0.05, 0) is 31.0 Å². The van der Waals surface area contributed by atoms with Crippen LogP contribution in [-0.2, 0) is 9.53 Å². The van der Waals surface area contributed by atoms with Crippen LogP contribution >= 0.6 is 11.8 Å². The van der Waals surface area contributed by atoms with Crippen LogP contribution in [0.2, 0.25) is 0 Å². The van der Waals surface area contributed by atoms with Crippen molar-refractivity contribution < 1.29 is 24.2 Å². The number of carbonyl (C=O) groups is 2. The number of aliphatic carboxylic acids is 1. The summed E-state index contributed by atoms with van der Waals surface area (Å²) in [4.78, 5) is 25.6. The predicted octanol–water partition coefficient (Wildman–Crippen LogP) is 2.28. The van der Waals surface area contributed by atoms with E-state index in [9.17, 15) is 9.59 Å². The molecule has 3 rings (SSSR count). The van der Waals surface area contributed by atoms with Crippen molar-refractivity contribution in [3.63, 3.8) is 0 Å². The minimum atomic E-state index is -0.876. The van der Waals surface area contributed by atoms with Gasteiger partial charge < -0.3 is 19.5 Å². The lowest BCUT2D eigenvalue weighted by Crippen LogP contribution is -2.47. The third-order valence-corrected chi connectivity index (χ3v) is 5.53. The van der Waals surface area contributed by atoms with E-state index < -0.39 is 5.97 Å². The van der Waals surface area contributed by atoms with Crippen molar-refractivity contribution in [2.24, 2.45) is 0 Å². The molecule has 2 aliphatic heterocycles. The lowest BCUT2D eigenvalue weighted by Gasteiger charge is -2.34. The van der Waals surface area contributed by atoms with Crippen LogP contribution in [-0.4, -0.2) is 65.3 Å². The van der Waals surface area contributed by atoms with Crippen LogP contribution in [0, 0.1) is 0 Å². The SMILES string of the molecule is O=C(O)CC1CSCCN1C(=O)c1cccc(OCC2CCCO2)c1. The molecule has 2 saturated heterocycles. The molecule has 1 N–H and O–H groups in total. The number of carbonyl (C=O) groups excluding carboxylic acids is 1. The van der Waals surface area contributed by atoms with Crippen molar-refractivity contribution in [3.05, 3.63) is 29.8 Å². The van der Waals surface area contributed by atoms with Crippen LogP contribution in [0.4, 0.5) is 0 Å². The lowest BCUT2D eigenvalue weighted by atomic mass is 10.1. The number of carboxylic acid groups (broad SMARTS) is 1. The average Bonchev–Trinajstić information content (AvgIpc) is 3.13. The molecule has 0 bridgehead atoms. The third kappa shape index (κ3) is 4.89. The second-order valence-electron chi connectivity index (χ2n) is 6.30. The van der Waals surface area contributed by atoms with Gasteiger partial charge in [-0.2, -0.15) is 11.8 Å². The molecule has 2 fully saturated rings. The maximum Gasteiger partial charge on any atom is 0.305 e. The first kappa shape index (κ1) is 18.1. The number of hydrogen-bond acceptors (Lipinski definition) is 5. The zero-order chi connectivity index (χ0) is 17.6. The lowest BCUT2D eigenvalue weighted by molar-refractivity contribution is -0.138. The van der Waals surface area contributed by atoms with Crippen LogP contribution in [0.25, 0.3) is 0 Å². The third-order valence-electron chi connectivity index (χ3n) is 4.44. The molecule has 0 aromatic heterocycles. The van der Waals surface area contributed by atoms with Crippen molar-refractivity contribution in [2.75, 3.05) is 31.3 Å². The molecule has 136 valence electrons. The van der Waals surface area contributed by atoms with E-state index in [1.807, 2.05) is 6.07 Å². The maximum absolute atomic E-state index is 12.8. The van der Waals surface area contributed by atoms with E-state index in [1.165, 1.54) is 0 Å². The molecule has 2 unspecified atom stereocenters. The van der Waals surface area contributed by atoms with Gasteiger partial charge in [0.1, 0.15) is 12.4 Å². The fraction of sp³-hybridized carbons (Fsp3) is 0.556. The Labute approximate surface area is 151 Å². The van der Waals surface area contributed by atoms with E-state index in [1.54, 1.807) is 34.9 Å². The summed E-state index contributed by atoms with van der Waals surface area (Å²) in [6.07, 6.45) is 2.16. The van der Waals surface area contributed by atoms with E-state index in [2.05, 4.69) is 0 Å². The van der Waals surface area contributed by atoms with Crippen LogP contribution in [0.3, 0.4) is 0 Å². The molecule has 1 amide bonds. The molecule has 2 heterocycles. The van der Waals surface area contributed by atoms with Crippen molar-refractivity contribution in [1.82, 2.24) is 4.90 Å². The number of rotatable bonds is 6. The van der Waals surface area contributed by atoms with Gasteiger partial charge in [-0.15, -0.1) is 0 Å². The van der Waals surface area contributed by atoms with E-state index in [-0.39, 0.29) is 24.5 Å².